The Morgan fingerprint density at radius 3 is 2.83 bits per heavy atom. The topological polar surface area (TPSA) is 63.3 Å². The van der Waals surface area contributed by atoms with E-state index in [0.29, 0.717) is 11.1 Å². The van der Waals surface area contributed by atoms with Crippen molar-refractivity contribution in [2.75, 3.05) is 0 Å². The van der Waals surface area contributed by atoms with Crippen LogP contribution in [0.1, 0.15) is 10.7 Å². The van der Waals surface area contributed by atoms with Crippen molar-refractivity contribution in [3.63, 3.8) is 0 Å². The van der Waals surface area contributed by atoms with Crippen LogP contribution in [0.4, 0.5) is 0 Å². The Kier molecular flexibility index (Phi) is 1.33. The molecule has 4 heteroatoms. The van der Waals surface area contributed by atoms with Gasteiger partial charge < -0.3 is 9.52 Å². The molecule has 0 saturated carbocycles. The number of nitrogens with zero attached hydrogens (tertiary/aromatic N) is 1. The van der Waals surface area contributed by atoms with Crippen LogP contribution in [0, 0.1) is 0 Å². The number of carboxylic acid groups (broad SMARTS) is 1. The van der Waals surface area contributed by atoms with Crippen molar-refractivity contribution in [1.82, 2.24) is 4.98 Å². The quantitative estimate of drug-likeness (QED) is 0.692. The molecule has 0 fully saturated rings. The molecule has 0 saturated heterocycles. The van der Waals surface area contributed by atoms with E-state index in [2.05, 4.69) is 4.98 Å². The van der Waals surface area contributed by atoms with Gasteiger partial charge in [0.25, 0.3) is 0 Å². The van der Waals surface area contributed by atoms with Crippen LogP contribution >= 0.6 is 0 Å². The summed E-state index contributed by atoms with van der Waals surface area (Å²) < 4.78 is 4.92. The Bertz CT molecular complexity index is 400. The van der Waals surface area contributed by atoms with E-state index in [1.165, 1.54) is 0 Å². The lowest BCUT2D eigenvalue weighted by molar-refractivity contribution is 0.0656. The normalized spacial score (nSPS) is 10.3. The Morgan fingerprint density at radius 2 is 2.17 bits per heavy atom. The lowest BCUT2D eigenvalue weighted by atomic mass is 10.3. The van der Waals surface area contributed by atoms with Gasteiger partial charge in [-0.3, -0.25) is 0 Å². The van der Waals surface area contributed by atoms with Crippen LogP contribution in [-0.2, 0) is 0 Å². The van der Waals surface area contributed by atoms with Crippen molar-refractivity contribution >= 4 is 17.1 Å². The fourth-order valence-corrected chi connectivity index (χ4v) is 0.964. The first-order valence-corrected chi connectivity index (χ1v) is 3.36. The van der Waals surface area contributed by atoms with Gasteiger partial charge in [0.15, 0.2) is 5.58 Å². The molecule has 1 heterocycles. The minimum atomic E-state index is -1.15. The minimum Gasteiger partial charge on any atom is -0.474 e. The Morgan fingerprint density at radius 1 is 1.42 bits per heavy atom. The van der Waals surface area contributed by atoms with Crippen molar-refractivity contribution in [2.45, 2.75) is 0 Å². The molecule has 0 aliphatic rings. The summed E-state index contributed by atoms with van der Waals surface area (Å²) in [5.41, 5.74) is 1.06. The maximum Gasteiger partial charge on any atom is 0.392 e. The number of carbonyl (C=O) groups is 1. The number of oxazole rings is 1. The summed E-state index contributed by atoms with van der Waals surface area (Å²) in [6.07, 6.45) is 0. The number of aromatic nitrogens is 1. The highest BCUT2D eigenvalue weighted by Gasteiger charge is 2.10. The van der Waals surface area contributed by atoms with Crippen molar-refractivity contribution in [3.8, 4) is 0 Å². The molecule has 1 aromatic heterocycles. The van der Waals surface area contributed by atoms with Crippen molar-refractivity contribution < 1.29 is 14.3 Å². The molecule has 0 amide bonds. The first-order chi connectivity index (χ1) is 5.77. The van der Waals surface area contributed by atoms with Crippen LogP contribution in [0.2, 0.25) is 0 Å². The third kappa shape index (κ3) is 0.934. The highest BCUT2D eigenvalue weighted by Crippen LogP contribution is 2.13. The largest absolute Gasteiger partial charge is 0.474 e. The fraction of sp³-hybridized carbons (Fsp3) is 0. The molecular weight excluding hydrogens is 158 g/mol. The maximum atomic E-state index is 10.4. The molecule has 4 nitrogen and oxygen atoms in total. The molecular formula is C8H5NO3. The number of hydrogen-bond acceptors (Lipinski definition) is 3. The molecule has 12 heavy (non-hydrogen) atoms. The number of carboxylic acids is 1. The number of para-hydroxylation sites is 2. The smallest absolute Gasteiger partial charge is 0.392 e. The van der Waals surface area contributed by atoms with E-state index in [9.17, 15) is 4.79 Å². The summed E-state index contributed by atoms with van der Waals surface area (Å²) >= 11 is 0. The van der Waals surface area contributed by atoms with E-state index in [1.807, 2.05) is 0 Å². The number of benzene rings is 1. The van der Waals surface area contributed by atoms with Crippen LogP contribution in [0.15, 0.2) is 28.7 Å². The van der Waals surface area contributed by atoms with Crippen molar-refractivity contribution in [2.24, 2.45) is 0 Å². The molecule has 1 N–H and O–H groups in total. The van der Waals surface area contributed by atoms with Crippen molar-refractivity contribution in [3.05, 3.63) is 30.2 Å². The molecule has 0 radical (unpaired) electrons. The van der Waals surface area contributed by atoms with Gasteiger partial charge in [0.2, 0.25) is 0 Å². The van der Waals surface area contributed by atoms with E-state index in [4.69, 9.17) is 9.52 Å². The molecule has 0 aliphatic heterocycles. The van der Waals surface area contributed by atoms with Gasteiger partial charge in [-0.1, -0.05) is 12.1 Å². The molecule has 0 atom stereocenters. The van der Waals surface area contributed by atoms with Crippen molar-refractivity contribution in [1.29, 1.82) is 0 Å². The molecule has 1 aromatic carbocycles. The Balaban J connectivity index is 2.70. The molecule has 0 aliphatic carbocycles. The third-order valence-corrected chi connectivity index (χ3v) is 1.48. The van der Waals surface area contributed by atoms with Crippen LogP contribution in [0.5, 0.6) is 0 Å². The molecule has 0 unspecified atom stereocenters. The van der Waals surface area contributed by atoms with Crippen LogP contribution in [0.25, 0.3) is 11.1 Å². The van der Waals surface area contributed by atoms with E-state index in [1.54, 1.807) is 24.3 Å². The molecule has 0 bridgehead atoms. The van der Waals surface area contributed by atoms with Crippen LogP contribution in [-0.4, -0.2) is 16.1 Å². The Hall–Kier alpha value is -1.84. The first kappa shape index (κ1) is 6.84. The second-order valence-corrected chi connectivity index (χ2v) is 2.29. The summed E-state index contributed by atoms with van der Waals surface area (Å²) in [4.78, 5) is 14.2. The monoisotopic (exact) mass is 163 g/mol. The van der Waals surface area contributed by atoms with E-state index >= 15 is 0 Å². The number of hydrogen-bond donors (Lipinski definition) is 1. The summed E-state index contributed by atoms with van der Waals surface area (Å²) in [7, 11) is 0. The SMILES string of the molecule is O=C(O)c1nc2ccccc2o1. The second kappa shape index (κ2) is 2.34. The zero-order valence-electron chi connectivity index (χ0n) is 6.02. The average Bonchev–Trinajstić information content (AvgIpc) is 2.46. The van der Waals surface area contributed by atoms with Crippen LogP contribution in [0.3, 0.4) is 0 Å². The van der Waals surface area contributed by atoms with Gasteiger partial charge in [0.05, 0.1) is 0 Å². The van der Waals surface area contributed by atoms with E-state index < -0.39 is 5.97 Å². The van der Waals surface area contributed by atoms with Gasteiger partial charge in [0.1, 0.15) is 5.52 Å². The zero-order valence-corrected chi connectivity index (χ0v) is 6.02. The lowest BCUT2D eigenvalue weighted by Crippen LogP contribution is -1.94. The van der Waals surface area contributed by atoms with E-state index in [-0.39, 0.29) is 5.89 Å². The fourth-order valence-electron chi connectivity index (χ4n) is 0.964. The second-order valence-electron chi connectivity index (χ2n) is 2.29. The first-order valence-electron chi connectivity index (χ1n) is 3.36. The van der Waals surface area contributed by atoms with Gasteiger partial charge in [-0.25, -0.2) is 9.78 Å². The number of fused-ring (bicyclic) bond motifs is 1. The summed E-state index contributed by atoms with van der Waals surface area (Å²) in [5.74, 6) is -1.41. The lowest BCUT2D eigenvalue weighted by Gasteiger charge is -1.80. The minimum absolute atomic E-state index is 0.267. The highest BCUT2D eigenvalue weighted by molar-refractivity contribution is 5.86. The standard InChI is InChI=1S/C8H5NO3/c10-8(11)7-9-5-3-1-2-4-6(5)12-7/h1-4H,(H,10,11). The molecule has 60 valence electrons. The zero-order chi connectivity index (χ0) is 8.55. The highest BCUT2D eigenvalue weighted by atomic mass is 16.4. The average molecular weight is 163 g/mol. The summed E-state index contributed by atoms with van der Waals surface area (Å²) in [6, 6.07) is 6.91. The third-order valence-electron chi connectivity index (χ3n) is 1.48. The van der Waals surface area contributed by atoms with Gasteiger partial charge in [-0.2, -0.15) is 0 Å². The van der Waals surface area contributed by atoms with Gasteiger partial charge >= 0.3 is 11.9 Å². The van der Waals surface area contributed by atoms with Gasteiger partial charge in [-0.15, -0.1) is 0 Å². The van der Waals surface area contributed by atoms with Gasteiger partial charge in [-0.05, 0) is 12.1 Å². The molecule has 2 rings (SSSR count). The maximum absolute atomic E-state index is 10.4. The molecule has 0 spiro atoms. The predicted molar refractivity (Wildman–Crippen MR) is 41.0 cm³/mol. The van der Waals surface area contributed by atoms with Crippen LogP contribution < -0.4 is 0 Å². The number of rotatable bonds is 1. The predicted octanol–water partition coefficient (Wildman–Crippen LogP) is 1.53. The summed E-state index contributed by atoms with van der Waals surface area (Å²) in [6.45, 7) is 0. The van der Waals surface area contributed by atoms with E-state index in [0.717, 1.165) is 0 Å². The summed E-state index contributed by atoms with van der Waals surface area (Å²) in [5, 5.41) is 8.53. The number of aromatic carboxylic acids is 1. The Labute approximate surface area is 67.4 Å². The molecule has 2 aromatic rings. The van der Waals surface area contributed by atoms with Gasteiger partial charge in [0, 0.05) is 0 Å².